The number of hydrogen-bond acceptors (Lipinski definition) is 6. The number of benzene rings is 3. The van der Waals surface area contributed by atoms with Gasteiger partial charge >= 0.3 is 11.6 Å². The number of aryl methyl sites for hydroxylation is 2. The van der Waals surface area contributed by atoms with Gasteiger partial charge in [0.15, 0.2) is 0 Å². The van der Waals surface area contributed by atoms with Crippen LogP contribution in [0.2, 0.25) is 0 Å². The summed E-state index contributed by atoms with van der Waals surface area (Å²) in [4.78, 5) is 37.6. The molecule has 0 aliphatic heterocycles. The molecule has 9 heteroatoms. The number of carbonyl (C=O) groups excluding carboxylic acids is 1. The Balaban J connectivity index is 1.48. The first-order chi connectivity index (χ1) is 18.6. The van der Waals surface area contributed by atoms with Crippen molar-refractivity contribution in [1.29, 1.82) is 0 Å². The molecule has 0 aliphatic rings. The molecular weight excluding hydrogens is 505 g/mol. The summed E-state index contributed by atoms with van der Waals surface area (Å²) >= 11 is 0. The molecule has 0 bridgehead atoms. The van der Waals surface area contributed by atoms with Crippen molar-refractivity contribution in [3.63, 3.8) is 0 Å². The van der Waals surface area contributed by atoms with Crippen molar-refractivity contribution in [2.75, 3.05) is 0 Å². The minimum Gasteiger partial charge on any atom is -0.508 e. The molecule has 2 aromatic heterocycles. The van der Waals surface area contributed by atoms with Crippen LogP contribution in [0.4, 0.5) is 4.39 Å². The van der Waals surface area contributed by atoms with Crippen LogP contribution in [0.15, 0.2) is 74.5 Å². The van der Waals surface area contributed by atoms with E-state index in [2.05, 4.69) is 5.32 Å². The van der Waals surface area contributed by atoms with Crippen LogP contribution in [-0.4, -0.2) is 28.1 Å². The van der Waals surface area contributed by atoms with Crippen molar-refractivity contribution >= 4 is 33.8 Å². The number of halogens is 1. The molecule has 0 spiro atoms. The number of fused-ring (bicyclic) bond motifs is 2. The molecule has 0 saturated carbocycles. The van der Waals surface area contributed by atoms with Gasteiger partial charge in [-0.15, -0.1) is 0 Å². The molecule has 3 N–H and O–H groups in total. The van der Waals surface area contributed by atoms with E-state index >= 15 is 0 Å². The van der Waals surface area contributed by atoms with E-state index < -0.39 is 23.5 Å². The molecule has 1 atom stereocenters. The van der Waals surface area contributed by atoms with Gasteiger partial charge in [0.25, 0.3) is 0 Å². The van der Waals surface area contributed by atoms with Crippen molar-refractivity contribution in [1.82, 2.24) is 5.32 Å². The van der Waals surface area contributed by atoms with Crippen molar-refractivity contribution in [2.24, 2.45) is 0 Å². The Morgan fingerprint density at radius 2 is 1.67 bits per heavy atom. The number of furan rings is 1. The second-order valence-electron chi connectivity index (χ2n) is 9.41. The highest BCUT2D eigenvalue weighted by atomic mass is 19.1. The first kappa shape index (κ1) is 25.7. The van der Waals surface area contributed by atoms with Crippen LogP contribution in [0.3, 0.4) is 0 Å². The van der Waals surface area contributed by atoms with E-state index in [-0.39, 0.29) is 30.0 Å². The number of hydrogen-bond donors (Lipinski definition) is 3. The molecule has 2 heterocycles. The van der Waals surface area contributed by atoms with Crippen LogP contribution in [0, 0.1) is 19.7 Å². The minimum atomic E-state index is -1.24. The molecule has 5 aromatic rings. The number of phenols is 1. The van der Waals surface area contributed by atoms with Gasteiger partial charge in [0.2, 0.25) is 5.91 Å². The fraction of sp³-hybridized carbons (Fsp3) is 0.167. The molecule has 1 amide bonds. The number of rotatable bonds is 7. The Kier molecular flexibility index (Phi) is 6.66. The highest BCUT2D eigenvalue weighted by Crippen LogP contribution is 2.37. The lowest BCUT2D eigenvalue weighted by Gasteiger charge is -2.15. The van der Waals surface area contributed by atoms with Crippen LogP contribution < -0.4 is 10.9 Å². The maximum absolute atomic E-state index is 13.5. The van der Waals surface area contributed by atoms with Crippen LogP contribution in [0.5, 0.6) is 5.75 Å². The average molecular weight is 530 g/mol. The fourth-order valence-corrected chi connectivity index (χ4v) is 4.73. The molecule has 1 unspecified atom stereocenters. The van der Waals surface area contributed by atoms with E-state index in [0.29, 0.717) is 33.2 Å². The molecular formula is C30H24FNO7. The maximum atomic E-state index is 13.5. The van der Waals surface area contributed by atoms with Crippen molar-refractivity contribution < 1.29 is 33.0 Å². The number of carboxylic acids is 1. The lowest BCUT2D eigenvalue weighted by atomic mass is 9.97. The normalized spacial score (nSPS) is 12.1. The van der Waals surface area contributed by atoms with E-state index in [1.807, 2.05) is 6.07 Å². The van der Waals surface area contributed by atoms with Crippen LogP contribution >= 0.6 is 0 Å². The summed E-state index contributed by atoms with van der Waals surface area (Å²) in [6, 6.07) is 12.6. The monoisotopic (exact) mass is 529 g/mol. The number of aliphatic carboxylic acids is 1. The Morgan fingerprint density at radius 3 is 2.33 bits per heavy atom. The van der Waals surface area contributed by atoms with Gasteiger partial charge in [-0.1, -0.05) is 24.3 Å². The molecule has 8 nitrogen and oxygen atoms in total. The topological polar surface area (TPSA) is 130 Å². The van der Waals surface area contributed by atoms with Crippen molar-refractivity contribution in [3.05, 3.63) is 99.4 Å². The van der Waals surface area contributed by atoms with Crippen LogP contribution in [0.1, 0.15) is 22.3 Å². The summed E-state index contributed by atoms with van der Waals surface area (Å²) in [5.41, 5.74) is 3.48. The number of carbonyl (C=O) groups is 2. The summed E-state index contributed by atoms with van der Waals surface area (Å²) in [5, 5.41) is 22.9. The summed E-state index contributed by atoms with van der Waals surface area (Å²) in [6.07, 6.45) is 1.18. The predicted molar refractivity (Wildman–Crippen MR) is 142 cm³/mol. The maximum Gasteiger partial charge on any atom is 0.340 e. The lowest BCUT2D eigenvalue weighted by Crippen LogP contribution is -2.43. The Labute approximate surface area is 221 Å². The summed E-state index contributed by atoms with van der Waals surface area (Å²) in [7, 11) is 0. The number of carboxylic acid groups (broad SMARTS) is 1. The molecule has 0 saturated heterocycles. The highest BCUT2D eigenvalue weighted by Gasteiger charge is 2.24. The Bertz CT molecular complexity index is 1780. The van der Waals surface area contributed by atoms with Crippen molar-refractivity contribution in [2.45, 2.75) is 32.7 Å². The van der Waals surface area contributed by atoms with Gasteiger partial charge in [0.05, 0.1) is 18.2 Å². The van der Waals surface area contributed by atoms with E-state index in [1.165, 1.54) is 24.3 Å². The summed E-state index contributed by atoms with van der Waals surface area (Å²) < 4.78 is 24.9. The highest BCUT2D eigenvalue weighted by molar-refractivity contribution is 6.05. The van der Waals surface area contributed by atoms with E-state index in [0.717, 1.165) is 16.5 Å². The Morgan fingerprint density at radius 1 is 0.974 bits per heavy atom. The third kappa shape index (κ3) is 4.98. The van der Waals surface area contributed by atoms with E-state index in [4.69, 9.17) is 8.83 Å². The molecule has 0 fully saturated rings. The number of amides is 1. The first-order valence-corrected chi connectivity index (χ1v) is 12.2. The zero-order valence-corrected chi connectivity index (χ0v) is 21.1. The minimum absolute atomic E-state index is 0.00348. The fourth-order valence-electron chi connectivity index (χ4n) is 4.73. The van der Waals surface area contributed by atoms with Crippen molar-refractivity contribution in [3.8, 4) is 16.9 Å². The van der Waals surface area contributed by atoms with Gasteiger partial charge in [-0.05, 0) is 60.9 Å². The van der Waals surface area contributed by atoms with Gasteiger partial charge in [-0.2, -0.15) is 0 Å². The standard InChI is InChI=1S/C30H24FNO7/c1-15-21-12-23-24(18-5-7-19(31)8-6-18)14-38-27(23)16(2)28(21)39-30(37)22(15)13-26(34)32-25(29(35)36)11-17-3-9-20(33)10-4-17/h3-10,12,14,25,33H,11,13H2,1-2H3,(H,32,34)(H,35,36). The van der Waals surface area contributed by atoms with Gasteiger partial charge in [-0.25, -0.2) is 14.0 Å². The van der Waals surface area contributed by atoms with Gasteiger partial charge in [0.1, 0.15) is 28.8 Å². The molecule has 39 heavy (non-hydrogen) atoms. The zero-order chi connectivity index (χ0) is 27.8. The zero-order valence-electron chi connectivity index (χ0n) is 21.1. The first-order valence-electron chi connectivity index (χ1n) is 12.2. The van der Waals surface area contributed by atoms with E-state index in [9.17, 15) is 29.0 Å². The molecule has 198 valence electrons. The molecule has 5 rings (SSSR count). The summed E-state index contributed by atoms with van der Waals surface area (Å²) in [6.45, 7) is 3.47. The van der Waals surface area contributed by atoms with Gasteiger partial charge in [-0.3, -0.25) is 4.79 Å². The average Bonchev–Trinajstić information content (AvgIpc) is 3.33. The number of phenolic OH excluding ortho intramolecular Hbond substituents is 1. The molecule has 0 aliphatic carbocycles. The second-order valence-corrected chi connectivity index (χ2v) is 9.41. The second kappa shape index (κ2) is 10.1. The number of nitrogens with one attached hydrogen (secondary N) is 1. The SMILES string of the molecule is Cc1c(CC(=O)NC(Cc2ccc(O)cc2)C(=O)O)c(=O)oc2c(C)c3occ(-c4ccc(F)cc4)c3cc12. The van der Waals surface area contributed by atoms with Gasteiger partial charge in [0, 0.05) is 28.3 Å². The third-order valence-corrected chi connectivity index (χ3v) is 6.84. The third-order valence-electron chi connectivity index (χ3n) is 6.84. The summed E-state index contributed by atoms with van der Waals surface area (Å²) in [5.74, 6) is -2.20. The van der Waals surface area contributed by atoms with Crippen LogP contribution in [0.25, 0.3) is 33.1 Å². The predicted octanol–water partition coefficient (Wildman–Crippen LogP) is 5.02. The Hall–Kier alpha value is -4.92. The quantitative estimate of drug-likeness (QED) is 0.252. The smallest absolute Gasteiger partial charge is 0.340 e. The number of aromatic hydroxyl groups is 1. The molecule has 3 aromatic carbocycles. The molecule has 0 radical (unpaired) electrons. The largest absolute Gasteiger partial charge is 0.508 e. The lowest BCUT2D eigenvalue weighted by molar-refractivity contribution is -0.141. The van der Waals surface area contributed by atoms with Gasteiger partial charge < -0.3 is 24.4 Å². The van der Waals surface area contributed by atoms with E-state index in [1.54, 1.807) is 44.4 Å². The van der Waals surface area contributed by atoms with Crippen LogP contribution in [-0.2, 0) is 22.4 Å².